The van der Waals surface area contributed by atoms with Gasteiger partial charge in [0.25, 0.3) is 8.32 Å². The minimum absolute atomic E-state index is 0.161. The number of hydrogen-bond donors (Lipinski definition) is 0. The van der Waals surface area contributed by atoms with E-state index < -0.39 is 8.32 Å². The first-order chi connectivity index (χ1) is 8.99. The van der Waals surface area contributed by atoms with E-state index in [2.05, 4.69) is 75.8 Å². The van der Waals surface area contributed by atoms with Crippen molar-refractivity contribution in [1.29, 1.82) is 0 Å². The summed E-state index contributed by atoms with van der Waals surface area (Å²) in [4.78, 5) is 0. The van der Waals surface area contributed by atoms with Gasteiger partial charge < -0.3 is 9.16 Å². The van der Waals surface area contributed by atoms with E-state index in [0.29, 0.717) is 5.92 Å². The van der Waals surface area contributed by atoms with E-state index in [0.717, 1.165) is 16.0 Å². The molecule has 0 aliphatic rings. The molecule has 0 saturated carbocycles. The monoisotopic (exact) mass is 358 g/mol. The zero-order chi connectivity index (χ0) is 15.7. The molecule has 1 aromatic rings. The average Bonchev–Trinajstić information content (AvgIpc) is 2.29. The number of benzene rings is 1. The molecule has 0 aliphatic carbocycles. The maximum atomic E-state index is 6.42. The van der Waals surface area contributed by atoms with E-state index in [1.54, 1.807) is 7.11 Å². The second-order valence-corrected chi connectivity index (χ2v) is 12.6. The lowest BCUT2D eigenvalue weighted by molar-refractivity contribution is 0.384. The third-order valence-corrected chi connectivity index (χ3v) is 9.00. The molecule has 0 aromatic heterocycles. The van der Waals surface area contributed by atoms with Gasteiger partial charge >= 0.3 is 0 Å². The maximum absolute atomic E-state index is 6.42. The topological polar surface area (TPSA) is 18.5 Å². The molecule has 0 unspecified atom stereocenters. The summed E-state index contributed by atoms with van der Waals surface area (Å²) in [6.45, 7) is 15.6. The number of methoxy groups -OCH3 is 1. The van der Waals surface area contributed by atoms with Crippen molar-refractivity contribution in [1.82, 2.24) is 0 Å². The Morgan fingerprint density at radius 1 is 1.15 bits per heavy atom. The molecule has 0 spiro atoms. The lowest BCUT2D eigenvalue weighted by Gasteiger charge is -2.37. The van der Waals surface area contributed by atoms with Crippen molar-refractivity contribution in [2.75, 3.05) is 7.11 Å². The molecule has 0 N–H and O–H groups in total. The van der Waals surface area contributed by atoms with Crippen molar-refractivity contribution in [3.63, 3.8) is 0 Å². The number of hydrogen-bond acceptors (Lipinski definition) is 2. The van der Waals surface area contributed by atoms with Gasteiger partial charge in [0.05, 0.1) is 11.6 Å². The largest absolute Gasteiger partial charge is 0.540 e. The Kier molecular flexibility index (Phi) is 5.36. The molecule has 0 atom stereocenters. The van der Waals surface area contributed by atoms with Gasteiger partial charge in [0, 0.05) is 0 Å². The van der Waals surface area contributed by atoms with Crippen LogP contribution in [-0.2, 0) is 0 Å². The molecule has 2 nitrogen and oxygen atoms in total. The Bertz CT molecular complexity index is 476. The molecule has 114 valence electrons. The van der Waals surface area contributed by atoms with Gasteiger partial charge in [-0.2, -0.15) is 0 Å². The second-order valence-electron chi connectivity index (χ2n) is 7.05. The van der Waals surface area contributed by atoms with Gasteiger partial charge in [-0.3, -0.25) is 0 Å². The second kappa shape index (κ2) is 6.10. The Hall–Kier alpha value is -0.483. The molecule has 0 amide bonds. The van der Waals surface area contributed by atoms with Crippen LogP contribution in [0.5, 0.6) is 11.5 Å². The van der Waals surface area contributed by atoms with Gasteiger partial charge in [-0.1, -0.05) is 34.6 Å². The van der Waals surface area contributed by atoms with E-state index >= 15 is 0 Å². The summed E-state index contributed by atoms with van der Waals surface area (Å²) in [6, 6.07) is 4.22. The summed E-state index contributed by atoms with van der Waals surface area (Å²) in [5, 5.41) is 0.161. The van der Waals surface area contributed by atoms with E-state index in [4.69, 9.17) is 9.16 Å². The van der Waals surface area contributed by atoms with Gasteiger partial charge in [-0.25, -0.2) is 0 Å². The minimum Gasteiger partial charge on any atom is -0.540 e. The molecule has 1 rings (SSSR count). The summed E-state index contributed by atoms with van der Waals surface area (Å²) in [5.74, 6) is 2.11. The molecule has 0 saturated heterocycles. The van der Waals surface area contributed by atoms with Crippen LogP contribution in [0.25, 0.3) is 0 Å². The van der Waals surface area contributed by atoms with Crippen molar-refractivity contribution in [2.24, 2.45) is 0 Å². The molecular formula is C16H27BrO2Si. The third-order valence-electron chi connectivity index (χ3n) is 4.08. The molecule has 0 fully saturated rings. The van der Waals surface area contributed by atoms with Gasteiger partial charge in [-0.05, 0) is 57.7 Å². The number of rotatable bonds is 4. The standard InChI is InChI=1S/C16H27BrO2Si/c1-11(2)12-9-13(17)15(14(10-12)18-6)19-20(7,8)16(3,4)5/h9-11H,1-8H3. The maximum Gasteiger partial charge on any atom is 0.250 e. The predicted molar refractivity (Wildman–Crippen MR) is 92.6 cm³/mol. The highest BCUT2D eigenvalue weighted by Gasteiger charge is 2.40. The van der Waals surface area contributed by atoms with Crippen LogP contribution < -0.4 is 9.16 Å². The van der Waals surface area contributed by atoms with Crippen molar-refractivity contribution < 1.29 is 9.16 Å². The SMILES string of the molecule is COc1cc(C(C)C)cc(Br)c1O[Si](C)(C)C(C)(C)C. The fraction of sp³-hybridized carbons (Fsp3) is 0.625. The highest BCUT2D eigenvalue weighted by Crippen LogP contribution is 2.44. The highest BCUT2D eigenvalue weighted by molar-refractivity contribution is 9.10. The lowest BCUT2D eigenvalue weighted by Crippen LogP contribution is -2.44. The first-order valence-corrected chi connectivity index (χ1v) is 10.8. The Labute approximate surface area is 133 Å². The zero-order valence-corrected chi connectivity index (χ0v) is 16.5. The van der Waals surface area contributed by atoms with Crippen LogP contribution in [0, 0.1) is 0 Å². The summed E-state index contributed by atoms with van der Waals surface area (Å²) in [5.41, 5.74) is 1.25. The molecule has 0 aliphatic heterocycles. The predicted octanol–water partition coefficient (Wildman–Crippen LogP) is 5.97. The Morgan fingerprint density at radius 2 is 1.70 bits per heavy atom. The summed E-state index contributed by atoms with van der Waals surface area (Å²) >= 11 is 3.64. The van der Waals surface area contributed by atoms with Gasteiger partial charge in [-0.15, -0.1) is 0 Å². The molecular weight excluding hydrogens is 332 g/mol. The molecule has 0 heterocycles. The van der Waals surface area contributed by atoms with Crippen LogP contribution in [0.4, 0.5) is 0 Å². The fourth-order valence-electron chi connectivity index (χ4n) is 1.58. The van der Waals surface area contributed by atoms with E-state index in [9.17, 15) is 0 Å². The van der Waals surface area contributed by atoms with Gasteiger partial charge in [0.15, 0.2) is 11.5 Å². The van der Waals surface area contributed by atoms with E-state index in [1.165, 1.54) is 5.56 Å². The molecule has 4 heteroatoms. The van der Waals surface area contributed by atoms with E-state index in [1.807, 2.05) is 0 Å². The fourth-order valence-corrected chi connectivity index (χ4v) is 3.30. The van der Waals surface area contributed by atoms with E-state index in [-0.39, 0.29) is 5.04 Å². The molecule has 0 radical (unpaired) electrons. The third kappa shape index (κ3) is 3.79. The smallest absolute Gasteiger partial charge is 0.250 e. The summed E-state index contributed by atoms with van der Waals surface area (Å²) in [7, 11) is -0.181. The van der Waals surface area contributed by atoms with Crippen molar-refractivity contribution in [2.45, 2.75) is 58.7 Å². The summed E-state index contributed by atoms with van der Waals surface area (Å²) < 4.78 is 12.9. The minimum atomic E-state index is -1.88. The zero-order valence-electron chi connectivity index (χ0n) is 13.9. The molecule has 20 heavy (non-hydrogen) atoms. The van der Waals surface area contributed by atoms with Crippen molar-refractivity contribution in [3.8, 4) is 11.5 Å². The molecule has 1 aromatic carbocycles. The quantitative estimate of drug-likeness (QED) is 0.617. The van der Waals surface area contributed by atoms with Gasteiger partial charge in [0.1, 0.15) is 0 Å². The highest BCUT2D eigenvalue weighted by atomic mass is 79.9. The van der Waals surface area contributed by atoms with Crippen LogP contribution in [0.15, 0.2) is 16.6 Å². The Morgan fingerprint density at radius 3 is 2.10 bits per heavy atom. The number of halogens is 1. The first-order valence-electron chi connectivity index (χ1n) is 7.06. The summed E-state index contributed by atoms with van der Waals surface area (Å²) in [6.07, 6.45) is 0. The van der Waals surface area contributed by atoms with Crippen LogP contribution in [0.2, 0.25) is 18.1 Å². The first kappa shape index (κ1) is 17.6. The van der Waals surface area contributed by atoms with Gasteiger partial charge in [0.2, 0.25) is 0 Å². The average molecular weight is 359 g/mol. The number of ether oxygens (including phenoxy) is 1. The Balaban J connectivity index is 3.26. The van der Waals surface area contributed by atoms with Crippen molar-refractivity contribution in [3.05, 3.63) is 22.2 Å². The van der Waals surface area contributed by atoms with Crippen LogP contribution in [-0.4, -0.2) is 15.4 Å². The van der Waals surface area contributed by atoms with Crippen LogP contribution >= 0.6 is 15.9 Å². The lowest BCUT2D eigenvalue weighted by atomic mass is 10.0. The molecule has 0 bridgehead atoms. The van der Waals surface area contributed by atoms with Crippen molar-refractivity contribution >= 4 is 24.2 Å². The van der Waals surface area contributed by atoms with Crippen LogP contribution in [0.3, 0.4) is 0 Å². The normalized spacial score (nSPS) is 12.7. The van der Waals surface area contributed by atoms with Crippen LogP contribution in [0.1, 0.15) is 46.1 Å².